The average molecular weight is 393 g/mol. The third kappa shape index (κ3) is 4.10. The van der Waals surface area contributed by atoms with Gasteiger partial charge in [0, 0.05) is 6.20 Å². The fourth-order valence-electron chi connectivity index (χ4n) is 2.97. The lowest BCUT2D eigenvalue weighted by Gasteiger charge is -2.10. The predicted octanol–water partition coefficient (Wildman–Crippen LogP) is 5.55. The Kier molecular flexibility index (Phi) is 5.05. The lowest BCUT2D eigenvalue weighted by molar-refractivity contribution is 0.690. The minimum Gasteiger partial charge on any atom is -0.331 e. The van der Waals surface area contributed by atoms with Crippen LogP contribution in [0.15, 0.2) is 79.1 Å². The fraction of sp³-hybridized carbons (Fsp3) is 0.0476. The number of thiocarbonyl (C=S) groups is 1. The second-order valence-corrected chi connectivity index (χ2v) is 6.94. The van der Waals surface area contributed by atoms with Crippen molar-refractivity contribution < 1.29 is 0 Å². The minimum atomic E-state index is 0.466. The van der Waals surface area contributed by atoms with Crippen LogP contribution in [-0.4, -0.2) is 14.9 Å². The summed E-state index contributed by atoms with van der Waals surface area (Å²) in [6.07, 6.45) is 3.69. The lowest BCUT2D eigenvalue weighted by Crippen LogP contribution is -2.18. The van der Waals surface area contributed by atoms with Gasteiger partial charge < -0.3 is 10.6 Å². The van der Waals surface area contributed by atoms with Gasteiger partial charge >= 0.3 is 0 Å². The van der Waals surface area contributed by atoms with Crippen molar-refractivity contribution in [1.82, 2.24) is 9.78 Å². The van der Waals surface area contributed by atoms with E-state index in [1.807, 2.05) is 35.1 Å². The first-order chi connectivity index (χ1) is 13.2. The van der Waals surface area contributed by atoms with Crippen molar-refractivity contribution in [3.05, 3.63) is 89.7 Å². The largest absolute Gasteiger partial charge is 0.331 e. The van der Waals surface area contributed by atoms with E-state index in [4.69, 9.17) is 23.8 Å². The molecular weight excluding hydrogens is 376 g/mol. The molecule has 4 aromatic rings. The van der Waals surface area contributed by atoms with Crippen molar-refractivity contribution in [3.63, 3.8) is 0 Å². The van der Waals surface area contributed by atoms with Crippen molar-refractivity contribution in [2.45, 2.75) is 6.54 Å². The quantitative estimate of drug-likeness (QED) is 0.447. The van der Waals surface area contributed by atoms with Crippen molar-refractivity contribution in [2.24, 2.45) is 0 Å². The Labute approximate surface area is 167 Å². The van der Waals surface area contributed by atoms with Crippen LogP contribution in [0.5, 0.6) is 0 Å². The maximum Gasteiger partial charge on any atom is 0.175 e. The number of halogens is 1. The van der Waals surface area contributed by atoms with Gasteiger partial charge in [0.2, 0.25) is 0 Å². The summed E-state index contributed by atoms with van der Waals surface area (Å²) < 4.78 is 1.89. The summed E-state index contributed by atoms with van der Waals surface area (Å²) in [6.45, 7) is 0.688. The van der Waals surface area contributed by atoms with Gasteiger partial charge in [-0.1, -0.05) is 66.2 Å². The number of nitrogens with zero attached hydrogens (tertiary/aromatic N) is 2. The highest BCUT2D eigenvalue weighted by Crippen LogP contribution is 2.21. The number of rotatable bonds is 4. The smallest absolute Gasteiger partial charge is 0.175 e. The summed E-state index contributed by atoms with van der Waals surface area (Å²) in [4.78, 5) is 0. The minimum absolute atomic E-state index is 0.466. The summed E-state index contributed by atoms with van der Waals surface area (Å²) >= 11 is 11.5. The number of hydrogen-bond donors (Lipinski definition) is 2. The summed E-state index contributed by atoms with van der Waals surface area (Å²) in [5, 5.41) is 14.2. The maximum atomic E-state index is 6.15. The Morgan fingerprint density at radius 1 is 0.963 bits per heavy atom. The Balaban J connectivity index is 1.45. The molecule has 27 heavy (non-hydrogen) atoms. The van der Waals surface area contributed by atoms with E-state index in [1.165, 1.54) is 16.3 Å². The lowest BCUT2D eigenvalue weighted by atomic mass is 10.0. The molecule has 0 fully saturated rings. The third-order valence-electron chi connectivity index (χ3n) is 4.23. The SMILES string of the molecule is S=C(Nc1cnn(Cc2cccc3ccccc23)c1)Nc1ccccc1Cl. The molecule has 0 aliphatic rings. The van der Waals surface area contributed by atoms with Gasteiger partial charge in [-0.3, -0.25) is 4.68 Å². The number of nitrogens with one attached hydrogen (secondary N) is 2. The summed E-state index contributed by atoms with van der Waals surface area (Å²) in [6, 6.07) is 22.1. The number of hydrogen-bond acceptors (Lipinski definition) is 2. The molecule has 0 aliphatic carbocycles. The molecule has 3 aromatic carbocycles. The first kappa shape index (κ1) is 17.5. The van der Waals surface area contributed by atoms with Crippen LogP contribution in [0.2, 0.25) is 5.02 Å². The second kappa shape index (κ2) is 7.78. The first-order valence-corrected chi connectivity index (χ1v) is 9.29. The molecule has 1 aromatic heterocycles. The normalized spacial score (nSPS) is 10.7. The predicted molar refractivity (Wildman–Crippen MR) is 117 cm³/mol. The second-order valence-electron chi connectivity index (χ2n) is 6.12. The highest BCUT2D eigenvalue weighted by atomic mass is 35.5. The third-order valence-corrected chi connectivity index (χ3v) is 4.76. The Hall–Kier alpha value is -2.89. The molecule has 0 radical (unpaired) electrons. The van der Waals surface area contributed by atoms with Crippen LogP contribution in [0, 0.1) is 0 Å². The molecule has 0 atom stereocenters. The van der Waals surface area contributed by atoms with Crippen molar-refractivity contribution >= 4 is 51.1 Å². The van der Waals surface area contributed by atoms with E-state index in [-0.39, 0.29) is 0 Å². The molecule has 1 heterocycles. The number of aromatic nitrogens is 2. The molecule has 0 spiro atoms. The zero-order valence-electron chi connectivity index (χ0n) is 14.4. The van der Waals surface area contributed by atoms with Crippen LogP contribution in [-0.2, 0) is 6.54 Å². The highest BCUT2D eigenvalue weighted by Gasteiger charge is 2.06. The molecule has 4 nitrogen and oxygen atoms in total. The topological polar surface area (TPSA) is 41.9 Å². The van der Waals surface area contributed by atoms with Crippen LogP contribution in [0.1, 0.15) is 5.56 Å². The van der Waals surface area contributed by atoms with Crippen molar-refractivity contribution in [2.75, 3.05) is 10.6 Å². The van der Waals surface area contributed by atoms with Gasteiger partial charge in [-0.2, -0.15) is 5.10 Å². The monoisotopic (exact) mass is 392 g/mol. The van der Waals surface area contributed by atoms with Gasteiger partial charge in [0.15, 0.2) is 5.11 Å². The molecule has 4 rings (SSSR count). The van der Waals surface area contributed by atoms with E-state index in [0.717, 1.165) is 11.4 Å². The summed E-state index contributed by atoms with van der Waals surface area (Å²) in [7, 11) is 0. The van der Waals surface area contributed by atoms with E-state index >= 15 is 0 Å². The Bertz CT molecular complexity index is 1100. The number of fused-ring (bicyclic) bond motifs is 1. The molecule has 134 valence electrons. The molecule has 0 aliphatic heterocycles. The van der Waals surface area contributed by atoms with Crippen LogP contribution in [0.3, 0.4) is 0 Å². The van der Waals surface area contributed by atoms with Gasteiger partial charge in [0.1, 0.15) is 0 Å². The molecule has 0 bridgehead atoms. The summed E-state index contributed by atoms with van der Waals surface area (Å²) in [5.41, 5.74) is 2.80. The number of para-hydroxylation sites is 1. The van der Waals surface area contributed by atoms with Gasteiger partial charge in [-0.15, -0.1) is 0 Å². The molecule has 0 saturated heterocycles. The van der Waals surface area contributed by atoms with Crippen LogP contribution < -0.4 is 10.6 Å². The van der Waals surface area contributed by atoms with Crippen molar-refractivity contribution in [1.29, 1.82) is 0 Å². The molecule has 0 amide bonds. The zero-order valence-corrected chi connectivity index (χ0v) is 16.0. The van der Waals surface area contributed by atoms with Gasteiger partial charge in [0.25, 0.3) is 0 Å². The Morgan fingerprint density at radius 3 is 2.63 bits per heavy atom. The molecule has 0 saturated carbocycles. The van der Waals surface area contributed by atoms with Crippen LogP contribution >= 0.6 is 23.8 Å². The van der Waals surface area contributed by atoms with E-state index in [1.54, 1.807) is 6.20 Å². The molecule has 0 unspecified atom stereocenters. The van der Waals surface area contributed by atoms with Gasteiger partial charge in [0.05, 0.1) is 29.1 Å². The van der Waals surface area contributed by atoms with Gasteiger partial charge in [-0.05, 0) is 40.7 Å². The highest BCUT2D eigenvalue weighted by molar-refractivity contribution is 7.80. The van der Waals surface area contributed by atoms with E-state index in [2.05, 4.69) is 58.2 Å². The molecule has 6 heteroatoms. The van der Waals surface area contributed by atoms with E-state index in [0.29, 0.717) is 16.7 Å². The van der Waals surface area contributed by atoms with Gasteiger partial charge in [-0.25, -0.2) is 0 Å². The molecule has 2 N–H and O–H groups in total. The molecular formula is C21H17ClN4S. The average Bonchev–Trinajstić information content (AvgIpc) is 3.11. The maximum absolute atomic E-state index is 6.15. The van der Waals surface area contributed by atoms with Crippen molar-refractivity contribution in [3.8, 4) is 0 Å². The Morgan fingerprint density at radius 2 is 1.74 bits per heavy atom. The van der Waals surface area contributed by atoms with E-state index < -0.39 is 0 Å². The summed E-state index contributed by atoms with van der Waals surface area (Å²) in [5.74, 6) is 0. The number of anilines is 2. The van der Waals surface area contributed by atoms with E-state index in [9.17, 15) is 0 Å². The van der Waals surface area contributed by atoms with Crippen LogP contribution in [0.4, 0.5) is 11.4 Å². The van der Waals surface area contributed by atoms with Crippen LogP contribution in [0.25, 0.3) is 10.8 Å². The number of benzene rings is 3. The first-order valence-electron chi connectivity index (χ1n) is 8.51. The fourth-order valence-corrected chi connectivity index (χ4v) is 3.38. The zero-order chi connectivity index (χ0) is 18.6. The standard InChI is InChI=1S/C21H17ClN4S/c22-19-10-3-4-11-20(19)25-21(27)24-17-12-23-26(14-17)13-16-8-5-7-15-6-1-2-9-18(15)16/h1-12,14H,13H2,(H2,24,25,27).